The van der Waals surface area contributed by atoms with Crippen molar-refractivity contribution in [3.8, 4) is 16.9 Å². The number of anilines is 1. The van der Waals surface area contributed by atoms with E-state index in [1.807, 2.05) is 77.5 Å². The Balaban J connectivity index is 1.59. The monoisotopic (exact) mass is 436 g/mol. The Morgan fingerprint density at radius 3 is 2.15 bits per heavy atom. The molecule has 3 aromatic carbocycles. The average molecular weight is 437 g/mol. The van der Waals surface area contributed by atoms with E-state index in [0.717, 1.165) is 16.9 Å². The highest BCUT2D eigenvalue weighted by Crippen LogP contribution is 2.24. The van der Waals surface area contributed by atoms with E-state index >= 15 is 0 Å². The summed E-state index contributed by atoms with van der Waals surface area (Å²) in [6.07, 6.45) is 3.49. The van der Waals surface area contributed by atoms with Crippen LogP contribution in [0, 0.1) is 0 Å². The van der Waals surface area contributed by atoms with E-state index in [0.29, 0.717) is 11.5 Å². The Morgan fingerprint density at radius 2 is 1.52 bits per heavy atom. The fourth-order valence-electron chi connectivity index (χ4n) is 3.48. The van der Waals surface area contributed by atoms with Crippen molar-refractivity contribution >= 4 is 17.8 Å². The van der Waals surface area contributed by atoms with Crippen LogP contribution < -0.4 is 5.32 Å². The van der Waals surface area contributed by atoms with Gasteiger partial charge in [-0.25, -0.2) is 4.98 Å². The lowest BCUT2D eigenvalue weighted by atomic mass is 10.2. The molecule has 0 aliphatic rings. The van der Waals surface area contributed by atoms with Gasteiger partial charge in [0.05, 0.1) is 5.69 Å². The number of aromatic nitrogens is 2. The van der Waals surface area contributed by atoms with E-state index in [-0.39, 0.29) is 24.9 Å². The molecule has 4 rings (SSSR count). The standard InChI is InChI=1S/C27H24N4O2/c1-2-18-30(26(33)22-14-8-4-9-15-22)20-25(32)29-27-28-24(21-12-6-3-7-13-21)19-31(27)23-16-10-5-11-17-23/h2-17,19H,1,18,20H2,(H,28,29,32). The molecule has 0 radical (unpaired) electrons. The van der Waals surface area contributed by atoms with Gasteiger partial charge in [-0.15, -0.1) is 6.58 Å². The molecule has 1 heterocycles. The second kappa shape index (κ2) is 10.2. The molecule has 0 atom stereocenters. The Labute approximate surface area is 192 Å². The van der Waals surface area contributed by atoms with Gasteiger partial charge in [0.15, 0.2) is 0 Å². The molecule has 0 spiro atoms. The van der Waals surface area contributed by atoms with Crippen LogP contribution in [0.15, 0.2) is 110 Å². The summed E-state index contributed by atoms with van der Waals surface area (Å²) in [6, 6.07) is 28.3. The van der Waals surface area contributed by atoms with Gasteiger partial charge in [-0.1, -0.05) is 72.8 Å². The minimum absolute atomic E-state index is 0.123. The Kier molecular flexibility index (Phi) is 6.75. The lowest BCUT2D eigenvalue weighted by Gasteiger charge is -2.20. The van der Waals surface area contributed by atoms with Crippen molar-refractivity contribution in [2.75, 3.05) is 18.4 Å². The molecular formula is C27H24N4O2. The highest BCUT2D eigenvalue weighted by Gasteiger charge is 2.20. The summed E-state index contributed by atoms with van der Waals surface area (Å²) in [5.41, 5.74) is 3.06. The van der Waals surface area contributed by atoms with Gasteiger partial charge in [-0.3, -0.25) is 19.5 Å². The van der Waals surface area contributed by atoms with Crippen molar-refractivity contribution in [1.29, 1.82) is 0 Å². The molecule has 0 aliphatic carbocycles. The van der Waals surface area contributed by atoms with E-state index in [1.165, 1.54) is 4.90 Å². The molecule has 4 aromatic rings. The lowest BCUT2D eigenvalue weighted by molar-refractivity contribution is -0.116. The van der Waals surface area contributed by atoms with Gasteiger partial charge in [0, 0.05) is 29.6 Å². The quantitative estimate of drug-likeness (QED) is 0.403. The third-order valence-electron chi connectivity index (χ3n) is 5.05. The Bertz CT molecular complexity index is 1240. The summed E-state index contributed by atoms with van der Waals surface area (Å²) in [7, 11) is 0. The third-order valence-corrected chi connectivity index (χ3v) is 5.05. The predicted octanol–water partition coefficient (Wildman–Crippen LogP) is 4.81. The number of amides is 2. The van der Waals surface area contributed by atoms with Crippen LogP contribution in [0.3, 0.4) is 0 Å². The summed E-state index contributed by atoms with van der Waals surface area (Å²) < 4.78 is 1.83. The van der Waals surface area contributed by atoms with Crippen LogP contribution in [-0.4, -0.2) is 39.4 Å². The summed E-state index contributed by atoms with van der Waals surface area (Å²) in [4.78, 5) is 32.0. The topological polar surface area (TPSA) is 67.2 Å². The van der Waals surface area contributed by atoms with Gasteiger partial charge in [-0.2, -0.15) is 0 Å². The second-order valence-corrected chi connectivity index (χ2v) is 7.41. The first-order chi connectivity index (χ1) is 16.2. The second-order valence-electron chi connectivity index (χ2n) is 7.41. The zero-order valence-electron chi connectivity index (χ0n) is 18.1. The molecule has 164 valence electrons. The number of hydrogen-bond donors (Lipinski definition) is 1. The van der Waals surface area contributed by atoms with Crippen molar-refractivity contribution in [2.45, 2.75) is 0 Å². The number of carbonyl (C=O) groups is 2. The number of carbonyl (C=O) groups excluding carboxylic acids is 2. The third kappa shape index (κ3) is 5.25. The normalized spacial score (nSPS) is 10.4. The fourth-order valence-corrected chi connectivity index (χ4v) is 3.48. The SMILES string of the molecule is C=CCN(CC(=O)Nc1nc(-c2ccccc2)cn1-c1ccccc1)C(=O)c1ccccc1. The number of benzene rings is 3. The smallest absolute Gasteiger partial charge is 0.254 e. The molecule has 0 fully saturated rings. The van der Waals surface area contributed by atoms with E-state index < -0.39 is 0 Å². The van der Waals surface area contributed by atoms with Crippen molar-refractivity contribution in [1.82, 2.24) is 14.5 Å². The highest BCUT2D eigenvalue weighted by molar-refractivity contribution is 5.99. The summed E-state index contributed by atoms with van der Waals surface area (Å²) in [6.45, 7) is 3.85. The number of rotatable bonds is 8. The first-order valence-electron chi connectivity index (χ1n) is 10.6. The van der Waals surface area contributed by atoms with Gasteiger partial charge in [0.25, 0.3) is 5.91 Å². The molecule has 0 bridgehead atoms. The summed E-state index contributed by atoms with van der Waals surface area (Å²) in [5.74, 6) is -0.193. The fraction of sp³-hybridized carbons (Fsp3) is 0.0741. The minimum Gasteiger partial charge on any atom is -0.326 e. The maximum atomic E-state index is 13.0. The van der Waals surface area contributed by atoms with Crippen molar-refractivity contribution in [2.24, 2.45) is 0 Å². The molecule has 0 saturated carbocycles. The van der Waals surface area contributed by atoms with Gasteiger partial charge in [-0.05, 0) is 24.3 Å². The van der Waals surface area contributed by atoms with Gasteiger partial charge in [0.2, 0.25) is 11.9 Å². The lowest BCUT2D eigenvalue weighted by Crippen LogP contribution is -2.38. The molecule has 6 heteroatoms. The largest absolute Gasteiger partial charge is 0.326 e. The number of hydrogen-bond acceptors (Lipinski definition) is 3. The molecule has 0 saturated heterocycles. The molecule has 33 heavy (non-hydrogen) atoms. The zero-order valence-corrected chi connectivity index (χ0v) is 18.1. The first-order valence-corrected chi connectivity index (χ1v) is 10.6. The van der Waals surface area contributed by atoms with Crippen LogP contribution in [0.5, 0.6) is 0 Å². The molecular weight excluding hydrogens is 412 g/mol. The van der Waals surface area contributed by atoms with Gasteiger partial charge in [0.1, 0.15) is 6.54 Å². The minimum atomic E-state index is -0.344. The Hall–Kier alpha value is -4.45. The number of imidazole rings is 1. The van der Waals surface area contributed by atoms with Crippen LogP contribution in [0.4, 0.5) is 5.95 Å². The number of nitrogens with one attached hydrogen (secondary N) is 1. The van der Waals surface area contributed by atoms with Crippen LogP contribution in [0.2, 0.25) is 0 Å². The van der Waals surface area contributed by atoms with Crippen molar-refractivity contribution in [3.05, 3.63) is 115 Å². The molecule has 1 aromatic heterocycles. The van der Waals surface area contributed by atoms with Crippen LogP contribution in [-0.2, 0) is 4.79 Å². The molecule has 1 N–H and O–H groups in total. The predicted molar refractivity (Wildman–Crippen MR) is 130 cm³/mol. The molecule has 0 aliphatic heterocycles. The Morgan fingerprint density at radius 1 is 0.909 bits per heavy atom. The maximum Gasteiger partial charge on any atom is 0.254 e. The van der Waals surface area contributed by atoms with E-state index in [1.54, 1.807) is 30.3 Å². The average Bonchev–Trinajstić information content (AvgIpc) is 3.28. The number of para-hydroxylation sites is 1. The van der Waals surface area contributed by atoms with E-state index in [9.17, 15) is 9.59 Å². The van der Waals surface area contributed by atoms with Crippen LogP contribution in [0.1, 0.15) is 10.4 Å². The summed E-state index contributed by atoms with van der Waals surface area (Å²) in [5, 5.41) is 2.88. The molecule has 2 amide bonds. The summed E-state index contributed by atoms with van der Waals surface area (Å²) >= 11 is 0. The highest BCUT2D eigenvalue weighted by atomic mass is 16.2. The van der Waals surface area contributed by atoms with Crippen molar-refractivity contribution in [3.63, 3.8) is 0 Å². The van der Waals surface area contributed by atoms with Gasteiger partial charge >= 0.3 is 0 Å². The van der Waals surface area contributed by atoms with Crippen molar-refractivity contribution < 1.29 is 9.59 Å². The van der Waals surface area contributed by atoms with E-state index in [4.69, 9.17) is 0 Å². The maximum absolute atomic E-state index is 13.0. The van der Waals surface area contributed by atoms with Gasteiger partial charge < -0.3 is 4.90 Å². The van der Waals surface area contributed by atoms with Crippen LogP contribution >= 0.6 is 0 Å². The molecule has 6 nitrogen and oxygen atoms in total. The molecule has 0 unspecified atom stereocenters. The zero-order chi connectivity index (χ0) is 23.0. The first kappa shape index (κ1) is 21.8. The number of nitrogens with zero attached hydrogens (tertiary/aromatic N) is 3. The van der Waals surface area contributed by atoms with E-state index in [2.05, 4.69) is 16.9 Å². The van der Waals surface area contributed by atoms with Crippen LogP contribution in [0.25, 0.3) is 16.9 Å².